The van der Waals surface area contributed by atoms with Crippen LogP contribution in [-0.2, 0) is 0 Å². The summed E-state index contributed by atoms with van der Waals surface area (Å²) < 4.78 is 26.6. The van der Waals surface area contributed by atoms with Crippen LogP contribution in [0.25, 0.3) is 6.08 Å². The molecular formula is C26H24O7. The van der Waals surface area contributed by atoms with Crippen LogP contribution in [0, 0.1) is 0 Å². The zero-order valence-corrected chi connectivity index (χ0v) is 18.8. The maximum absolute atomic E-state index is 12.7. The van der Waals surface area contributed by atoms with Gasteiger partial charge in [0.05, 0.1) is 34.0 Å². The molecular weight excluding hydrogens is 424 g/mol. The number of hydrogen-bond donors (Lipinski definition) is 0. The molecule has 0 amide bonds. The van der Waals surface area contributed by atoms with Crippen LogP contribution in [0.15, 0.2) is 66.7 Å². The van der Waals surface area contributed by atoms with Gasteiger partial charge in [-0.05, 0) is 54.1 Å². The Morgan fingerprint density at radius 3 is 2.03 bits per heavy atom. The molecule has 33 heavy (non-hydrogen) atoms. The van der Waals surface area contributed by atoms with E-state index in [2.05, 4.69) is 0 Å². The molecule has 0 radical (unpaired) electrons. The number of hydrogen-bond acceptors (Lipinski definition) is 7. The van der Waals surface area contributed by atoms with Crippen molar-refractivity contribution in [3.05, 3.63) is 83.4 Å². The van der Waals surface area contributed by atoms with Gasteiger partial charge in [-0.3, -0.25) is 4.79 Å². The van der Waals surface area contributed by atoms with Crippen molar-refractivity contribution in [1.29, 1.82) is 0 Å². The normalized spacial score (nSPS) is 10.5. The topological polar surface area (TPSA) is 80.3 Å². The van der Waals surface area contributed by atoms with Crippen molar-refractivity contribution >= 4 is 17.8 Å². The molecule has 0 spiro atoms. The molecule has 3 aromatic rings. The molecule has 7 nitrogen and oxygen atoms in total. The molecule has 0 aliphatic heterocycles. The average Bonchev–Trinajstić information content (AvgIpc) is 2.87. The predicted molar refractivity (Wildman–Crippen MR) is 124 cm³/mol. The standard InChI is InChI=1S/C26H24O7/c1-29-18-11-14-23(31-3)20(16-18)21(27)12-9-17-10-13-24(25(15-17)32-4)33-26(28)19-7-5-6-8-22(19)30-2/h5-16H,1-4H3. The maximum Gasteiger partial charge on any atom is 0.347 e. The molecule has 3 aromatic carbocycles. The highest BCUT2D eigenvalue weighted by Crippen LogP contribution is 2.31. The lowest BCUT2D eigenvalue weighted by Gasteiger charge is -2.11. The van der Waals surface area contributed by atoms with Gasteiger partial charge < -0.3 is 23.7 Å². The van der Waals surface area contributed by atoms with Crippen LogP contribution in [0.1, 0.15) is 26.3 Å². The molecule has 0 N–H and O–H groups in total. The fraction of sp³-hybridized carbons (Fsp3) is 0.154. The largest absolute Gasteiger partial charge is 0.497 e. The lowest BCUT2D eigenvalue weighted by molar-refractivity contribution is 0.0726. The van der Waals surface area contributed by atoms with E-state index < -0.39 is 5.97 Å². The van der Waals surface area contributed by atoms with Crippen molar-refractivity contribution in [1.82, 2.24) is 0 Å². The molecule has 3 rings (SSSR count). The predicted octanol–water partition coefficient (Wildman–Crippen LogP) is 4.84. The first kappa shape index (κ1) is 23.4. The minimum atomic E-state index is -0.575. The smallest absolute Gasteiger partial charge is 0.347 e. The Balaban J connectivity index is 1.80. The molecule has 7 heteroatoms. The Morgan fingerprint density at radius 2 is 1.33 bits per heavy atom. The molecule has 0 aromatic heterocycles. The third-order valence-electron chi connectivity index (χ3n) is 4.82. The summed E-state index contributed by atoms with van der Waals surface area (Å²) in [5, 5.41) is 0. The number of methoxy groups -OCH3 is 4. The molecule has 0 saturated carbocycles. The molecule has 0 bridgehead atoms. The third-order valence-corrected chi connectivity index (χ3v) is 4.82. The Hall–Kier alpha value is -4.26. The van der Waals surface area contributed by atoms with Gasteiger partial charge in [0.15, 0.2) is 17.3 Å². The number of carbonyl (C=O) groups is 2. The molecule has 0 fully saturated rings. The lowest BCUT2D eigenvalue weighted by atomic mass is 10.1. The Bertz CT molecular complexity index is 1180. The maximum atomic E-state index is 12.7. The summed E-state index contributed by atoms with van der Waals surface area (Å²) in [4.78, 5) is 25.3. The number of benzene rings is 3. The van der Waals surface area contributed by atoms with Crippen molar-refractivity contribution in [2.75, 3.05) is 28.4 Å². The SMILES string of the molecule is COc1ccc(OC)c(C(=O)C=Cc2ccc(OC(=O)c3ccccc3OC)c(OC)c2)c1. The first-order chi connectivity index (χ1) is 16.0. The fourth-order valence-electron chi connectivity index (χ4n) is 3.11. The number of ether oxygens (including phenoxy) is 5. The van der Waals surface area contributed by atoms with Gasteiger partial charge in [0.2, 0.25) is 0 Å². The van der Waals surface area contributed by atoms with Crippen molar-refractivity contribution in [2.24, 2.45) is 0 Å². The lowest BCUT2D eigenvalue weighted by Crippen LogP contribution is -2.10. The van der Waals surface area contributed by atoms with E-state index in [1.807, 2.05) is 0 Å². The summed E-state index contributed by atoms with van der Waals surface area (Å²) >= 11 is 0. The quantitative estimate of drug-likeness (QED) is 0.201. The number of carbonyl (C=O) groups excluding carboxylic acids is 2. The highest BCUT2D eigenvalue weighted by molar-refractivity contribution is 6.09. The number of esters is 1. The zero-order chi connectivity index (χ0) is 23.8. The molecule has 170 valence electrons. The van der Waals surface area contributed by atoms with Crippen LogP contribution in [0.5, 0.6) is 28.7 Å². The van der Waals surface area contributed by atoms with E-state index in [1.165, 1.54) is 34.5 Å². The number of rotatable bonds is 9. The first-order valence-electron chi connectivity index (χ1n) is 9.98. The Labute approximate surface area is 192 Å². The van der Waals surface area contributed by atoms with Gasteiger partial charge in [-0.1, -0.05) is 24.3 Å². The summed E-state index contributed by atoms with van der Waals surface area (Å²) in [7, 11) is 5.98. The van der Waals surface area contributed by atoms with Crippen molar-refractivity contribution in [3.63, 3.8) is 0 Å². The van der Waals surface area contributed by atoms with Gasteiger partial charge in [0, 0.05) is 0 Å². The minimum absolute atomic E-state index is 0.242. The van der Waals surface area contributed by atoms with E-state index in [0.29, 0.717) is 39.7 Å². The van der Waals surface area contributed by atoms with Gasteiger partial charge in [-0.15, -0.1) is 0 Å². The minimum Gasteiger partial charge on any atom is -0.497 e. The number of para-hydroxylation sites is 1. The van der Waals surface area contributed by atoms with Gasteiger partial charge in [-0.2, -0.15) is 0 Å². The highest BCUT2D eigenvalue weighted by atomic mass is 16.6. The van der Waals surface area contributed by atoms with Crippen LogP contribution in [-0.4, -0.2) is 40.2 Å². The Morgan fingerprint density at radius 1 is 0.667 bits per heavy atom. The number of ketones is 1. The van der Waals surface area contributed by atoms with Gasteiger partial charge in [-0.25, -0.2) is 4.79 Å². The zero-order valence-electron chi connectivity index (χ0n) is 18.8. The fourth-order valence-corrected chi connectivity index (χ4v) is 3.11. The summed E-state index contributed by atoms with van der Waals surface area (Å²) in [6.45, 7) is 0. The van der Waals surface area contributed by atoms with E-state index in [-0.39, 0.29) is 11.5 Å². The van der Waals surface area contributed by atoms with E-state index in [1.54, 1.807) is 66.7 Å². The number of allylic oxidation sites excluding steroid dienone is 1. The van der Waals surface area contributed by atoms with Crippen LogP contribution in [0.3, 0.4) is 0 Å². The molecule has 0 saturated heterocycles. The molecule has 0 unspecified atom stereocenters. The first-order valence-corrected chi connectivity index (χ1v) is 9.98. The van der Waals surface area contributed by atoms with Crippen LogP contribution in [0.2, 0.25) is 0 Å². The monoisotopic (exact) mass is 448 g/mol. The van der Waals surface area contributed by atoms with Gasteiger partial charge >= 0.3 is 5.97 Å². The van der Waals surface area contributed by atoms with Crippen LogP contribution < -0.4 is 23.7 Å². The summed E-state index contributed by atoms with van der Waals surface area (Å²) in [5.74, 6) is 1.16. The van der Waals surface area contributed by atoms with Crippen molar-refractivity contribution in [3.8, 4) is 28.7 Å². The second-order valence-electron chi connectivity index (χ2n) is 6.76. The van der Waals surface area contributed by atoms with Gasteiger partial charge in [0.1, 0.15) is 22.8 Å². The van der Waals surface area contributed by atoms with Crippen molar-refractivity contribution < 1.29 is 33.3 Å². The third kappa shape index (κ3) is 5.51. The van der Waals surface area contributed by atoms with Crippen LogP contribution >= 0.6 is 0 Å². The molecule has 0 atom stereocenters. The molecule has 0 aliphatic carbocycles. The van der Waals surface area contributed by atoms with Gasteiger partial charge in [0.25, 0.3) is 0 Å². The van der Waals surface area contributed by atoms with Crippen molar-refractivity contribution in [2.45, 2.75) is 0 Å². The second-order valence-corrected chi connectivity index (χ2v) is 6.76. The van der Waals surface area contributed by atoms with E-state index in [9.17, 15) is 9.59 Å². The molecule has 0 heterocycles. The summed E-state index contributed by atoms with van der Waals surface area (Å²) in [6, 6.07) is 16.8. The summed E-state index contributed by atoms with van der Waals surface area (Å²) in [6.07, 6.45) is 3.06. The molecule has 0 aliphatic rings. The van der Waals surface area contributed by atoms with Crippen LogP contribution in [0.4, 0.5) is 0 Å². The van der Waals surface area contributed by atoms with E-state index in [0.717, 1.165) is 0 Å². The summed E-state index contributed by atoms with van der Waals surface area (Å²) in [5.41, 5.74) is 1.35. The average molecular weight is 448 g/mol. The highest BCUT2D eigenvalue weighted by Gasteiger charge is 2.17. The van der Waals surface area contributed by atoms with E-state index in [4.69, 9.17) is 23.7 Å². The van der Waals surface area contributed by atoms with E-state index >= 15 is 0 Å². The second kappa shape index (κ2) is 10.9. The Kier molecular flexibility index (Phi) is 7.70.